The van der Waals surface area contributed by atoms with E-state index in [4.69, 9.17) is 9.47 Å². The number of nitrogens with one attached hydrogen (secondary N) is 4. The standard InChI is InChI=1S/C39H45N7O11/c1-20-34(48)42-22(3)38(52)44(4)30(16-24-7-11-26(56-6)12-8-24)36(50)41-21(2)35(49)43-28-15-23-9-13-27(14-10-23)57-32-19-25(17-29(33(32)47)46(54)55)18-31(37(51)40-20)45(5)39(28)53/h7-14,17,19-22,28,30-31,47H,15-16,18H2,1-6H3,(H,40,51)(H,41,50)(H,42,48)(H,43,49)/t20?,21-,22-,28-,30-,31-/m0/s1. The van der Waals surface area contributed by atoms with Gasteiger partial charge >= 0.3 is 5.69 Å². The fourth-order valence-electron chi connectivity index (χ4n) is 6.56. The van der Waals surface area contributed by atoms with Crippen LogP contribution in [0.4, 0.5) is 5.69 Å². The first kappa shape index (κ1) is 41.4. The summed E-state index contributed by atoms with van der Waals surface area (Å²) in [4.78, 5) is 96.8. The van der Waals surface area contributed by atoms with Crippen LogP contribution in [0.2, 0.25) is 0 Å². The van der Waals surface area contributed by atoms with Crippen LogP contribution in [-0.2, 0) is 48.0 Å². The Morgan fingerprint density at radius 1 is 0.754 bits per heavy atom. The molecule has 0 spiro atoms. The molecule has 0 aliphatic carbocycles. The number of nitro benzene ring substituents is 1. The third-order valence-electron chi connectivity index (χ3n) is 10.0. The summed E-state index contributed by atoms with van der Waals surface area (Å²) in [6, 6.07) is 7.82. The molecule has 6 rings (SSSR count). The third kappa shape index (κ3) is 9.57. The minimum absolute atomic E-state index is 0.0260. The minimum Gasteiger partial charge on any atom is -0.499 e. The third-order valence-corrected chi connectivity index (χ3v) is 10.0. The average Bonchev–Trinajstić information content (AvgIpc) is 3.18. The Bertz CT molecular complexity index is 2060. The number of carbonyl (C=O) groups excluding carboxylic acids is 6. The van der Waals surface area contributed by atoms with Crippen LogP contribution in [0, 0.1) is 10.1 Å². The quantitative estimate of drug-likeness (QED) is 0.185. The van der Waals surface area contributed by atoms with E-state index in [1.807, 2.05) is 0 Å². The molecule has 3 aromatic carbocycles. The molecule has 1 unspecified atom stereocenters. The fraction of sp³-hybridized carbons (Fsp3) is 0.385. The fourth-order valence-corrected chi connectivity index (χ4v) is 6.56. The van der Waals surface area contributed by atoms with Gasteiger partial charge in [0.15, 0.2) is 5.75 Å². The molecule has 18 nitrogen and oxygen atoms in total. The van der Waals surface area contributed by atoms with Crippen LogP contribution >= 0.6 is 0 Å². The molecule has 6 amide bonds. The van der Waals surface area contributed by atoms with E-state index in [1.165, 1.54) is 65.1 Å². The Hall–Kier alpha value is -6.72. The second kappa shape index (κ2) is 17.4. The Balaban J connectivity index is 1.57. The van der Waals surface area contributed by atoms with Gasteiger partial charge in [-0.1, -0.05) is 24.3 Å². The molecule has 0 aromatic heterocycles. The summed E-state index contributed by atoms with van der Waals surface area (Å²) in [5, 5.41) is 33.2. The number of rotatable bonds is 4. The first-order valence-corrected chi connectivity index (χ1v) is 18.1. The van der Waals surface area contributed by atoms with Gasteiger partial charge in [-0.3, -0.25) is 38.9 Å². The van der Waals surface area contributed by atoms with E-state index in [1.54, 1.807) is 36.4 Å². The Morgan fingerprint density at radius 3 is 1.96 bits per heavy atom. The second-order valence-corrected chi connectivity index (χ2v) is 14.1. The van der Waals surface area contributed by atoms with Crippen molar-refractivity contribution in [3.05, 3.63) is 87.5 Å². The van der Waals surface area contributed by atoms with E-state index in [0.29, 0.717) is 16.9 Å². The highest BCUT2D eigenvalue weighted by Gasteiger charge is 2.37. The number of aromatic hydroxyl groups is 1. The molecule has 6 bridgehead atoms. The van der Waals surface area contributed by atoms with Gasteiger partial charge in [-0.25, -0.2) is 0 Å². The van der Waals surface area contributed by atoms with Gasteiger partial charge in [0, 0.05) is 39.4 Å². The predicted octanol–water partition coefficient (Wildman–Crippen LogP) is 1.11. The molecule has 0 saturated carbocycles. The van der Waals surface area contributed by atoms with Crippen molar-refractivity contribution >= 4 is 41.1 Å². The molecule has 1 fully saturated rings. The number of carbonyl (C=O) groups is 6. The largest absolute Gasteiger partial charge is 0.499 e. The second-order valence-electron chi connectivity index (χ2n) is 14.1. The molecule has 3 heterocycles. The van der Waals surface area contributed by atoms with Gasteiger partial charge in [-0.2, -0.15) is 0 Å². The molecule has 1 saturated heterocycles. The number of hydrogen-bond donors (Lipinski definition) is 5. The number of phenols is 1. The van der Waals surface area contributed by atoms with Crippen molar-refractivity contribution in [2.45, 2.75) is 76.3 Å². The molecular weight excluding hydrogens is 742 g/mol. The molecule has 18 heteroatoms. The summed E-state index contributed by atoms with van der Waals surface area (Å²) in [5.41, 5.74) is 0.602. The minimum atomic E-state index is -1.44. The van der Waals surface area contributed by atoms with E-state index in [-0.39, 0.29) is 36.3 Å². The molecule has 3 aromatic rings. The monoisotopic (exact) mass is 787 g/mol. The highest BCUT2D eigenvalue weighted by Crippen LogP contribution is 2.40. The Kier molecular flexibility index (Phi) is 12.6. The Morgan fingerprint density at radius 2 is 1.35 bits per heavy atom. The smallest absolute Gasteiger partial charge is 0.314 e. The number of amides is 6. The summed E-state index contributed by atoms with van der Waals surface area (Å²) in [6.07, 6.45) is -0.418. The number of nitro groups is 1. The number of likely N-dealkylation sites (N-methyl/N-ethyl adjacent to an activating group) is 2. The molecule has 5 N–H and O–H groups in total. The van der Waals surface area contributed by atoms with Crippen LogP contribution in [0.25, 0.3) is 0 Å². The number of ether oxygens (including phenoxy) is 2. The zero-order valence-electron chi connectivity index (χ0n) is 32.2. The highest BCUT2D eigenvalue weighted by atomic mass is 16.6. The van der Waals surface area contributed by atoms with Gasteiger partial charge < -0.3 is 45.6 Å². The summed E-state index contributed by atoms with van der Waals surface area (Å²) < 4.78 is 11.1. The average molecular weight is 788 g/mol. The van der Waals surface area contributed by atoms with Crippen molar-refractivity contribution in [3.8, 4) is 23.0 Å². The van der Waals surface area contributed by atoms with Crippen LogP contribution in [0.5, 0.6) is 23.0 Å². The summed E-state index contributed by atoms with van der Waals surface area (Å²) in [5.74, 6) is -4.68. The van der Waals surface area contributed by atoms with Crippen LogP contribution < -0.4 is 30.7 Å². The van der Waals surface area contributed by atoms with E-state index >= 15 is 0 Å². The van der Waals surface area contributed by atoms with Gasteiger partial charge in [0.2, 0.25) is 41.2 Å². The SMILES string of the molecule is COc1ccc(C[C@H]2C(=O)N[C@@H](C)C(=O)N[C@H]3Cc4ccc(cc4)Oc4cc(cc([N+](=O)[O-])c4O)C[C@@H](C(=O)NC(C)C(=O)N[C@@H](C)C(=O)N2C)N(C)C3=O)cc1. The number of benzene rings is 3. The molecule has 0 radical (unpaired) electrons. The van der Waals surface area contributed by atoms with E-state index in [0.717, 1.165) is 11.0 Å². The van der Waals surface area contributed by atoms with Crippen molar-refractivity contribution < 1.29 is 48.3 Å². The molecule has 302 valence electrons. The van der Waals surface area contributed by atoms with Crippen molar-refractivity contribution in [3.63, 3.8) is 0 Å². The zero-order valence-corrected chi connectivity index (χ0v) is 32.2. The number of fused-ring (bicyclic) bond motifs is 2. The summed E-state index contributed by atoms with van der Waals surface area (Å²) >= 11 is 0. The van der Waals surface area contributed by atoms with Crippen molar-refractivity contribution in [1.82, 2.24) is 31.1 Å². The van der Waals surface area contributed by atoms with Gasteiger partial charge in [-0.15, -0.1) is 0 Å². The van der Waals surface area contributed by atoms with Gasteiger partial charge in [0.05, 0.1) is 12.0 Å². The summed E-state index contributed by atoms with van der Waals surface area (Å²) in [7, 11) is 4.21. The van der Waals surface area contributed by atoms with E-state index in [9.17, 15) is 44.0 Å². The maximum absolute atomic E-state index is 14.4. The normalized spacial score (nSPS) is 23.9. The lowest BCUT2D eigenvalue weighted by molar-refractivity contribution is -0.386. The van der Waals surface area contributed by atoms with Crippen LogP contribution in [-0.4, -0.2) is 113 Å². The summed E-state index contributed by atoms with van der Waals surface area (Å²) in [6.45, 7) is 4.19. The van der Waals surface area contributed by atoms with Crippen LogP contribution in [0.1, 0.15) is 37.5 Å². The lowest BCUT2D eigenvalue weighted by Gasteiger charge is -2.33. The maximum Gasteiger partial charge on any atom is 0.314 e. The lowest BCUT2D eigenvalue weighted by Crippen LogP contribution is -2.61. The first-order chi connectivity index (χ1) is 27.0. The number of phenolic OH excluding ortho intramolecular Hbond substituents is 1. The number of hydrogen-bond acceptors (Lipinski definition) is 11. The van der Waals surface area contributed by atoms with Crippen molar-refractivity contribution in [1.29, 1.82) is 0 Å². The van der Waals surface area contributed by atoms with Gasteiger partial charge in [0.25, 0.3) is 0 Å². The highest BCUT2D eigenvalue weighted by molar-refractivity contribution is 5.98. The van der Waals surface area contributed by atoms with Gasteiger partial charge in [-0.05, 0) is 67.8 Å². The molecule has 57 heavy (non-hydrogen) atoms. The molecular formula is C39H45N7O11. The maximum atomic E-state index is 14.4. The molecule has 6 atom stereocenters. The number of methoxy groups -OCH3 is 1. The Labute approximate surface area is 328 Å². The number of nitrogens with zero attached hydrogens (tertiary/aromatic N) is 3. The van der Waals surface area contributed by atoms with E-state index in [2.05, 4.69) is 21.3 Å². The van der Waals surface area contributed by atoms with E-state index < -0.39 is 88.1 Å². The first-order valence-electron chi connectivity index (χ1n) is 18.1. The zero-order chi connectivity index (χ0) is 41.7. The lowest BCUT2D eigenvalue weighted by atomic mass is 9.99. The van der Waals surface area contributed by atoms with Crippen molar-refractivity contribution in [2.24, 2.45) is 0 Å². The van der Waals surface area contributed by atoms with Crippen LogP contribution in [0.15, 0.2) is 60.7 Å². The molecule has 3 aliphatic heterocycles. The van der Waals surface area contributed by atoms with Crippen LogP contribution in [0.3, 0.4) is 0 Å². The van der Waals surface area contributed by atoms with Crippen molar-refractivity contribution in [2.75, 3.05) is 21.2 Å². The predicted molar refractivity (Wildman–Crippen MR) is 203 cm³/mol. The van der Waals surface area contributed by atoms with Gasteiger partial charge in [0.1, 0.15) is 47.8 Å². The molecule has 3 aliphatic rings. The topological polar surface area (TPSA) is 239 Å².